The van der Waals surface area contributed by atoms with Gasteiger partial charge in [-0.15, -0.1) is 0 Å². The smallest absolute Gasteiger partial charge is 0.221 e. The van der Waals surface area contributed by atoms with E-state index in [1.165, 1.54) is 11.1 Å². The monoisotopic (exact) mass is 823 g/mol. The topological polar surface area (TPSA) is 162 Å². The van der Waals surface area contributed by atoms with Crippen molar-refractivity contribution >= 4 is 35.1 Å². The summed E-state index contributed by atoms with van der Waals surface area (Å²) in [6.45, 7) is 18.2. The summed E-state index contributed by atoms with van der Waals surface area (Å²) in [7, 11) is 0. The predicted molar refractivity (Wildman–Crippen MR) is 239 cm³/mol. The number of hydrogen-bond donors (Lipinski definition) is 4. The number of ketones is 3. The lowest BCUT2D eigenvalue weighted by atomic mass is 9.85. The third-order valence-corrected chi connectivity index (χ3v) is 10.0. The summed E-state index contributed by atoms with van der Waals surface area (Å²) >= 11 is 0. The average Bonchev–Trinajstić information content (AvgIpc) is 3.22. The van der Waals surface area contributed by atoms with Crippen molar-refractivity contribution in [1.29, 1.82) is 0 Å². The standard InChI is InChI=1S/C32H56N4O6.2C7H8.C2H6O/c1-6-33-30(40)19-18-29(39)26(15-11-12-22-36(7-2)23(3)4)35-32(42)20-16-27(37)24(5)34-31(41)21-17-28(38)25-13-9-8-10-14-25;2*1-7-5-3-2-4-6-7;1-2-3/h23-26H,6-22H2,1-5H3,(H,33,40)(H,34,41)(H,35,42);2*2-6H,1H3;3H,2H2,1H3/t24-,26-;;;/m0.../s1. The number of Topliss-reactive ketones (excluding diaryl/α,β-unsaturated/α-hetero) is 3. The molecule has 59 heavy (non-hydrogen) atoms. The first kappa shape index (κ1) is 54.8. The molecule has 0 bridgehead atoms. The van der Waals surface area contributed by atoms with E-state index in [0.29, 0.717) is 19.0 Å². The molecular formula is C48H78N4O7. The first-order valence-corrected chi connectivity index (χ1v) is 22.0. The van der Waals surface area contributed by atoms with Gasteiger partial charge in [-0.2, -0.15) is 0 Å². The normalized spacial score (nSPS) is 13.2. The summed E-state index contributed by atoms with van der Waals surface area (Å²) in [4.78, 5) is 77.1. The number of rotatable bonds is 22. The van der Waals surface area contributed by atoms with E-state index in [9.17, 15) is 28.8 Å². The van der Waals surface area contributed by atoms with Gasteiger partial charge in [-0.25, -0.2) is 0 Å². The molecule has 332 valence electrons. The number of hydrogen-bond acceptors (Lipinski definition) is 8. The molecular weight excluding hydrogens is 745 g/mol. The fourth-order valence-corrected chi connectivity index (χ4v) is 6.50. The molecule has 1 fully saturated rings. The number of nitrogens with one attached hydrogen (secondary N) is 3. The van der Waals surface area contributed by atoms with E-state index in [-0.39, 0.29) is 80.2 Å². The third kappa shape index (κ3) is 28.8. The van der Waals surface area contributed by atoms with Crippen molar-refractivity contribution in [2.75, 3.05) is 26.2 Å². The number of unbranched alkanes of at least 4 members (excludes halogenated alkanes) is 1. The van der Waals surface area contributed by atoms with Gasteiger partial charge in [-0.3, -0.25) is 28.8 Å². The molecule has 2 aromatic rings. The molecule has 2 atom stereocenters. The van der Waals surface area contributed by atoms with E-state index in [0.717, 1.165) is 58.0 Å². The second kappa shape index (κ2) is 34.6. The van der Waals surface area contributed by atoms with E-state index in [4.69, 9.17) is 5.11 Å². The van der Waals surface area contributed by atoms with Crippen LogP contribution in [0.5, 0.6) is 0 Å². The van der Waals surface area contributed by atoms with Gasteiger partial charge in [0.25, 0.3) is 0 Å². The number of aliphatic hydroxyl groups is 1. The summed E-state index contributed by atoms with van der Waals surface area (Å²) in [5.74, 6) is -1.26. The molecule has 1 aliphatic carbocycles. The largest absolute Gasteiger partial charge is 0.397 e. The predicted octanol–water partition coefficient (Wildman–Crippen LogP) is 7.63. The minimum absolute atomic E-state index is 0.0368. The lowest BCUT2D eigenvalue weighted by Gasteiger charge is -2.25. The molecule has 4 N–H and O–H groups in total. The van der Waals surface area contributed by atoms with E-state index in [1.54, 1.807) is 13.8 Å². The quantitative estimate of drug-likeness (QED) is 0.0882. The molecule has 11 heteroatoms. The zero-order chi connectivity index (χ0) is 44.4. The fourth-order valence-electron chi connectivity index (χ4n) is 6.50. The zero-order valence-corrected chi connectivity index (χ0v) is 37.7. The Hall–Kier alpha value is -4.22. The number of carbonyl (C=O) groups is 6. The highest BCUT2D eigenvalue weighted by Gasteiger charge is 2.24. The molecule has 1 aliphatic rings. The molecule has 1 saturated carbocycles. The number of amides is 3. The summed E-state index contributed by atoms with van der Waals surface area (Å²) in [6.07, 6.45) is 7.33. The van der Waals surface area contributed by atoms with Gasteiger partial charge in [-0.1, -0.05) is 98.0 Å². The number of benzene rings is 2. The Morgan fingerprint density at radius 2 is 1.15 bits per heavy atom. The van der Waals surface area contributed by atoms with Crippen LogP contribution in [0, 0.1) is 19.8 Å². The van der Waals surface area contributed by atoms with Crippen molar-refractivity contribution in [2.24, 2.45) is 5.92 Å². The van der Waals surface area contributed by atoms with E-state index >= 15 is 0 Å². The second-order valence-corrected chi connectivity index (χ2v) is 15.4. The molecule has 3 rings (SSSR count). The summed E-state index contributed by atoms with van der Waals surface area (Å²) in [5, 5.41) is 15.7. The number of carbonyl (C=O) groups excluding carboxylic acids is 6. The zero-order valence-electron chi connectivity index (χ0n) is 37.7. The van der Waals surface area contributed by atoms with Crippen LogP contribution >= 0.6 is 0 Å². The molecule has 3 amide bonds. The van der Waals surface area contributed by atoms with Crippen LogP contribution in [0.4, 0.5) is 0 Å². The molecule has 0 saturated heterocycles. The molecule has 0 spiro atoms. The second-order valence-electron chi connectivity index (χ2n) is 15.4. The fraction of sp³-hybridized carbons (Fsp3) is 0.625. The lowest BCUT2D eigenvalue weighted by Crippen LogP contribution is -2.42. The minimum Gasteiger partial charge on any atom is -0.397 e. The van der Waals surface area contributed by atoms with Gasteiger partial charge in [0.05, 0.1) is 12.1 Å². The van der Waals surface area contributed by atoms with Crippen molar-refractivity contribution in [3.8, 4) is 0 Å². The van der Waals surface area contributed by atoms with Crippen LogP contribution in [0.15, 0.2) is 60.7 Å². The Kier molecular flexibility index (Phi) is 32.1. The Bertz CT molecular complexity index is 1410. The van der Waals surface area contributed by atoms with Crippen LogP contribution in [0.3, 0.4) is 0 Å². The summed E-state index contributed by atoms with van der Waals surface area (Å²) in [6, 6.07) is 19.5. The van der Waals surface area contributed by atoms with E-state index < -0.39 is 18.0 Å². The molecule has 0 unspecified atom stereocenters. The molecule has 0 aromatic heterocycles. The lowest BCUT2D eigenvalue weighted by molar-refractivity contribution is -0.131. The van der Waals surface area contributed by atoms with Crippen LogP contribution in [-0.2, 0) is 28.8 Å². The van der Waals surface area contributed by atoms with E-state index in [1.807, 2.05) is 43.3 Å². The van der Waals surface area contributed by atoms with Gasteiger partial charge in [0, 0.05) is 63.6 Å². The Balaban J connectivity index is 0.00000161. The molecule has 0 aliphatic heterocycles. The van der Waals surface area contributed by atoms with Crippen molar-refractivity contribution in [2.45, 2.75) is 163 Å². The van der Waals surface area contributed by atoms with Crippen LogP contribution in [0.1, 0.15) is 143 Å². The van der Waals surface area contributed by atoms with Gasteiger partial charge in [-0.05, 0) is 93.7 Å². The molecule has 0 radical (unpaired) electrons. The number of nitrogens with zero attached hydrogens (tertiary/aromatic N) is 1. The number of aliphatic hydroxyl groups excluding tert-OH is 1. The third-order valence-electron chi connectivity index (χ3n) is 10.0. The molecule has 2 aromatic carbocycles. The highest BCUT2D eigenvalue weighted by Crippen LogP contribution is 2.25. The number of aryl methyl sites for hydroxylation is 2. The van der Waals surface area contributed by atoms with E-state index in [2.05, 4.69) is 79.7 Å². The Morgan fingerprint density at radius 1 is 0.661 bits per heavy atom. The maximum atomic E-state index is 12.9. The highest BCUT2D eigenvalue weighted by molar-refractivity contribution is 5.94. The first-order chi connectivity index (χ1) is 28.2. The van der Waals surface area contributed by atoms with Gasteiger partial charge in [0.15, 0.2) is 11.6 Å². The summed E-state index contributed by atoms with van der Waals surface area (Å²) in [5.41, 5.74) is 2.64. The van der Waals surface area contributed by atoms with Crippen molar-refractivity contribution in [3.05, 3.63) is 71.8 Å². The SMILES string of the molecule is CCNC(=O)CCC(=O)[C@H](CCCCN(CC)C(C)C)NC(=O)CCC(=O)[C@H](C)NC(=O)CCC(=O)C1CCCCC1.CCO.Cc1ccccc1.Cc1ccccc1. The van der Waals surface area contributed by atoms with Crippen LogP contribution in [-0.4, -0.2) is 89.4 Å². The van der Waals surface area contributed by atoms with Gasteiger partial charge >= 0.3 is 0 Å². The Morgan fingerprint density at radius 3 is 1.63 bits per heavy atom. The summed E-state index contributed by atoms with van der Waals surface area (Å²) < 4.78 is 0. The van der Waals surface area contributed by atoms with Crippen LogP contribution in [0.2, 0.25) is 0 Å². The highest BCUT2D eigenvalue weighted by atomic mass is 16.2. The van der Waals surface area contributed by atoms with Gasteiger partial charge in [0.1, 0.15) is 5.78 Å². The Labute approximate surface area is 356 Å². The minimum atomic E-state index is -0.771. The van der Waals surface area contributed by atoms with Gasteiger partial charge in [0.2, 0.25) is 17.7 Å². The van der Waals surface area contributed by atoms with Crippen LogP contribution < -0.4 is 16.0 Å². The van der Waals surface area contributed by atoms with Crippen molar-refractivity contribution < 1.29 is 33.9 Å². The molecule has 0 heterocycles. The average molecular weight is 823 g/mol. The molecule has 11 nitrogen and oxygen atoms in total. The first-order valence-electron chi connectivity index (χ1n) is 22.0. The van der Waals surface area contributed by atoms with Crippen LogP contribution in [0.25, 0.3) is 0 Å². The maximum Gasteiger partial charge on any atom is 0.221 e. The maximum absolute atomic E-state index is 12.9. The van der Waals surface area contributed by atoms with Crippen molar-refractivity contribution in [1.82, 2.24) is 20.9 Å². The van der Waals surface area contributed by atoms with Crippen molar-refractivity contribution in [3.63, 3.8) is 0 Å². The van der Waals surface area contributed by atoms with Gasteiger partial charge < -0.3 is 26.0 Å².